The van der Waals surface area contributed by atoms with E-state index < -0.39 is 12.9 Å². The Hall–Kier alpha value is -5.27. The first-order valence-electron chi connectivity index (χ1n) is 15.7. The van der Waals surface area contributed by atoms with E-state index in [9.17, 15) is 4.89 Å². The summed E-state index contributed by atoms with van der Waals surface area (Å²) in [5.41, 5.74) is 9.10. The van der Waals surface area contributed by atoms with Crippen molar-refractivity contribution in [2.45, 2.75) is 5.41 Å². The Morgan fingerprint density at radius 1 is 0.391 bits per heavy atom. The van der Waals surface area contributed by atoms with Crippen LogP contribution in [0.25, 0.3) is 22.3 Å². The summed E-state index contributed by atoms with van der Waals surface area (Å²) < 4.78 is 6.62. The quantitative estimate of drug-likeness (QED) is 0.202. The van der Waals surface area contributed by atoms with Crippen LogP contribution >= 0.6 is 7.49 Å². The zero-order valence-electron chi connectivity index (χ0n) is 25.1. The number of benzene rings is 7. The molecule has 0 saturated carbocycles. The van der Waals surface area contributed by atoms with Gasteiger partial charge in [0.2, 0.25) is 0 Å². The molecule has 7 aromatic carbocycles. The monoisotopic (exact) mass is 610 g/mol. The predicted octanol–water partition coefficient (Wildman–Crippen LogP) is 8.76. The average Bonchev–Trinajstić information content (AvgIpc) is 3.43. The first-order chi connectivity index (χ1) is 22.7. The van der Waals surface area contributed by atoms with Gasteiger partial charge in [-0.2, -0.15) is 0 Å². The normalized spacial score (nSPS) is 14.0. The fraction of sp³-hybridized carbons (Fsp3) is 0.0233. The fourth-order valence-corrected chi connectivity index (χ4v) is 10.8. The summed E-state index contributed by atoms with van der Waals surface area (Å²) in [5, 5.41) is 2.90. The molecule has 0 aromatic heterocycles. The molecule has 1 heterocycles. The van der Waals surface area contributed by atoms with Gasteiger partial charge in [-0.15, -0.1) is 0 Å². The Kier molecular flexibility index (Phi) is 6.12. The van der Waals surface area contributed by atoms with Gasteiger partial charge in [0.05, 0.1) is 0 Å². The van der Waals surface area contributed by atoms with E-state index in [2.05, 4.69) is 115 Å². The maximum atomic E-state index is 12.5. The first kappa shape index (κ1) is 27.1. The Bertz CT molecular complexity index is 2160. The van der Waals surface area contributed by atoms with Crippen molar-refractivity contribution in [2.24, 2.45) is 0 Å². The van der Waals surface area contributed by atoms with E-state index in [0.29, 0.717) is 0 Å². The summed E-state index contributed by atoms with van der Waals surface area (Å²) in [6.45, 7) is 0. The van der Waals surface area contributed by atoms with E-state index >= 15 is 0 Å². The second kappa shape index (κ2) is 10.4. The van der Waals surface area contributed by atoms with Crippen molar-refractivity contribution in [3.05, 3.63) is 198 Å². The predicted molar refractivity (Wildman–Crippen MR) is 192 cm³/mol. The molecule has 2 nitrogen and oxygen atoms in total. The molecule has 1 spiro atoms. The summed E-state index contributed by atoms with van der Waals surface area (Å²) in [7, 11) is -3.19. The van der Waals surface area contributed by atoms with Gasteiger partial charge in [0.1, 0.15) is 0 Å². The minimum atomic E-state index is -3.19. The molecule has 1 aliphatic carbocycles. The van der Waals surface area contributed by atoms with Crippen molar-refractivity contribution < 1.29 is 9.63 Å². The summed E-state index contributed by atoms with van der Waals surface area (Å²) in [6, 6.07) is 61.4. The third-order valence-corrected chi connectivity index (χ3v) is 13.4. The number of hydrogen-bond acceptors (Lipinski definition) is 2. The van der Waals surface area contributed by atoms with Crippen LogP contribution in [-0.4, -0.2) is 4.89 Å². The molecular weight excluding hydrogens is 579 g/mol. The molecule has 46 heavy (non-hydrogen) atoms. The van der Waals surface area contributed by atoms with Crippen LogP contribution in [0.5, 0.6) is 11.5 Å². The van der Waals surface area contributed by atoms with Crippen molar-refractivity contribution in [1.82, 2.24) is 0 Å². The van der Waals surface area contributed by atoms with E-state index in [1.165, 1.54) is 22.3 Å². The number of rotatable bonds is 4. The molecule has 1 N–H and O–H groups in total. The number of para-hydroxylation sites is 1. The first-order valence-corrected chi connectivity index (χ1v) is 17.7. The third-order valence-electron chi connectivity index (χ3n) is 9.87. The van der Waals surface area contributed by atoms with Gasteiger partial charge in [0, 0.05) is 0 Å². The molecule has 0 saturated heterocycles. The zero-order chi connectivity index (χ0) is 30.7. The molecule has 0 bridgehead atoms. The molecule has 220 valence electrons. The fourth-order valence-electron chi connectivity index (χ4n) is 7.80. The minimum absolute atomic E-state index is 0.499. The molecule has 0 radical (unpaired) electrons. The van der Waals surface area contributed by atoms with Gasteiger partial charge in [0.15, 0.2) is 0 Å². The van der Waals surface area contributed by atoms with Gasteiger partial charge in [-0.05, 0) is 0 Å². The van der Waals surface area contributed by atoms with Crippen molar-refractivity contribution >= 4 is 23.4 Å². The molecule has 0 fully saturated rings. The Labute approximate surface area is 269 Å². The average molecular weight is 611 g/mol. The molecule has 0 unspecified atom stereocenters. The van der Waals surface area contributed by atoms with Crippen LogP contribution in [0.3, 0.4) is 0 Å². The van der Waals surface area contributed by atoms with Crippen LogP contribution in [0.2, 0.25) is 0 Å². The van der Waals surface area contributed by atoms with Crippen molar-refractivity contribution in [3.63, 3.8) is 0 Å². The summed E-state index contributed by atoms with van der Waals surface area (Å²) >= 11 is 0. The van der Waals surface area contributed by atoms with Crippen molar-refractivity contribution in [3.8, 4) is 33.8 Å². The van der Waals surface area contributed by atoms with Crippen LogP contribution < -0.4 is 20.7 Å². The van der Waals surface area contributed by atoms with Gasteiger partial charge in [-0.1, -0.05) is 0 Å². The van der Waals surface area contributed by atoms with E-state index in [1.807, 2.05) is 60.7 Å². The van der Waals surface area contributed by atoms with E-state index in [1.54, 1.807) is 0 Å². The van der Waals surface area contributed by atoms with Crippen molar-refractivity contribution in [1.29, 1.82) is 0 Å². The van der Waals surface area contributed by atoms with Gasteiger partial charge >= 0.3 is 270 Å². The SMILES string of the molecule is O[PH](c1ccccc1)(c1ccccc1)c1ccc(-c2ccc3c(c2)C2(c4ccccc4O3)c3ccccc3-c3ccccc32)cc1. The molecule has 2 aliphatic rings. The van der Waals surface area contributed by atoms with E-state index in [0.717, 1.165) is 49.7 Å². The summed E-state index contributed by atoms with van der Waals surface area (Å²) in [5.74, 6) is 1.77. The van der Waals surface area contributed by atoms with Gasteiger partial charge < -0.3 is 0 Å². The van der Waals surface area contributed by atoms with Gasteiger partial charge in [0.25, 0.3) is 0 Å². The molecule has 9 rings (SSSR count). The van der Waals surface area contributed by atoms with Crippen LogP contribution in [0.1, 0.15) is 22.3 Å². The Balaban J connectivity index is 1.22. The molecule has 7 aromatic rings. The molecule has 0 atom stereocenters. The molecule has 3 heteroatoms. The van der Waals surface area contributed by atoms with E-state index in [-0.39, 0.29) is 0 Å². The number of hydrogen-bond donors (Lipinski definition) is 1. The Morgan fingerprint density at radius 3 is 1.46 bits per heavy atom. The summed E-state index contributed by atoms with van der Waals surface area (Å²) in [4.78, 5) is 12.5. The third kappa shape index (κ3) is 3.78. The maximum absolute atomic E-state index is 12.5. The molecule has 0 amide bonds. The topological polar surface area (TPSA) is 29.5 Å². The van der Waals surface area contributed by atoms with Crippen LogP contribution in [0.15, 0.2) is 176 Å². The second-order valence-corrected chi connectivity index (χ2v) is 15.3. The van der Waals surface area contributed by atoms with Crippen LogP contribution in [-0.2, 0) is 5.41 Å². The standard InChI is InChI=1S/C43H31O2P/c44-46(32-13-3-1-4-14-32,33-15-5-2-6-16-33)34-26-23-30(24-27-34)31-25-28-42-40(29-31)43(39-21-11-12-22-41(39)45-42)37-19-9-7-17-35(37)36-18-8-10-20-38(36)43/h1-29,44,46H. The summed E-state index contributed by atoms with van der Waals surface area (Å²) in [6.07, 6.45) is 0. The van der Waals surface area contributed by atoms with E-state index in [4.69, 9.17) is 4.74 Å². The second-order valence-electron chi connectivity index (χ2n) is 12.2. The Morgan fingerprint density at radius 2 is 0.848 bits per heavy atom. The molecule has 1 aliphatic heterocycles. The number of fused-ring (bicyclic) bond motifs is 9. The van der Waals surface area contributed by atoms with Crippen LogP contribution in [0.4, 0.5) is 0 Å². The van der Waals surface area contributed by atoms with Gasteiger partial charge in [-0.25, -0.2) is 0 Å². The number of ether oxygens (including phenoxy) is 1. The van der Waals surface area contributed by atoms with Crippen LogP contribution in [0, 0.1) is 0 Å². The van der Waals surface area contributed by atoms with Gasteiger partial charge in [-0.3, -0.25) is 0 Å². The zero-order valence-corrected chi connectivity index (χ0v) is 26.1. The molecular formula is C43H31O2P. The van der Waals surface area contributed by atoms with Crippen molar-refractivity contribution in [2.75, 3.05) is 0 Å².